The topological polar surface area (TPSA) is 98.7 Å². The molecular formula is C22H28ClN3O4. The molecule has 1 heterocycles. The number of halogens is 1. The Morgan fingerprint density at radius 1 is 1.23 bits per heavy atom. The molecule has 5 atom stereocenters. The third-order valence-electron chi connectivity index (χ3n) is 6.21. The molecule has 0 saturated carbocycles. The lowest BCUT2D eigenvalue weighted by molar-refractivity contribution is -0.140. The van der Waals surface area contributed by atoms with Crippen LogP contribution in [0.1, 0.15) is 18.9 Å². The molecular weight excluding hydrogens is 406 g/mol. The van der Waals surface area contributed by atoms with Gasteiger partial charge in [0.15, 0.2) is 0 Å². The molecule has 162 valence electrons. The van der Waals surface area contributed by atoms with E-state index in [1.165, 1.54) is 4.90 Å². The largest absolute Gasteiger partial charge is 0.395 e. The van der Waals surface area contributed by atoms with E-state index in [-0.39, 0.29) is 36.8 Å². The number of anilines is 1. The van der Waals surface area contributed by atoms with Crippen molar-refractivity contribution < 1.29 is 19.5 Å². The summed E-state index contributed by atoms with van der Waals surface area (Å²) in [5.74, 6) is -2.60. The summed E-state index contributed by atoms with van der Waals surface area (Å²) in [4.78, 5) is 40.7. The number of allylic oxidation sites excluding steroid dienone is 1. The van der Waals surface area contributed by atoms with Crippen molar-refractivity contribution in [2.45, 2.75) is 26.3 Å². The van der Waals surface area contributed by atoms with Crippen LogP contribution in [0.15, 0.2) is 30.4 Å². The number of likely N-dealkylation sites (tertiary alicyclic amines) is 1. The number of amides is 3. The van der Waals surface area contributed by atoms with Gasteiger partial charge in [-0.25, -0.2) is 0 Å². The van der Waals surface area contributed by atoms with E-state index >= 15 is 0 Å². The van der Waals surface area contributed by atoms with E-state index in [4.69, 9.17) is 11.6 Å². The number of benzene rings is 1. The Morgan fingerprint density at radius 2 is 1.97 bits per heavy atom. The maximum absolute atomic E-state index is 13.3. The Labute approximate surface area is 181 Å². The first-order valence-corrected chi connectivity index (χ1v) is 10.6. The summed E-state index contributed by atoms with van der Waals surface area (Å²) >= 11 is 6.26. The number of para-hydroxylation sites is 1. The van der Waals surface area contributed by atoms with Gasteiger partial charge in [-0.05, 0) is 30.9 Å². The van der Waals surface area contributed by atoms with Crippen molar-refractivity contribution in [2.75, 3.05) is 25.5 Å². The zero-order chi connectivity index (χ0) is 22.0. The molecule has 0 spiro atoms. The molecule has 0 unspecified atom stereocenters. The first kappa shape index (κ1) is 22.3. The Bertz CT molecular complexity index is 852. The van der Waals surface area contributed by atoms with E-state index in [0.29, 0.717) is 17.1 Å². The number of hydrogen-bond acceptors (Lipinski definition) is 4. The first-order valence-electron chi connectivity index (χ1n) is 10.2. The smallest absolute Gasteiger partial charge is 0.247 e. The molecule has 1 aliphatic heterocycles. The lowest BCUT2D eigenvalue weighted by Crippen LogP contribution is -2.45. The molecule has 3 amide bonds. The molecule has 7 nitrogen and oxygen atoms in total. The van der Waals surface area contributed by atoms with Gasteiger partial charge >= 0.3 is 0 Å². The minimum absolute atomic E-state index is 0.0243. The van der Waals surface area contributed by atoms with E-state index < -0.39 is 23.8 Å². The van der Waals surface area contributed by atoms with Gasteiger partial charge in [-0.2, -0.15) is 0 Å². The highest BCUT2D eigenvalue weighted by Crippen LogP contribution is 2.45. The molecule has 1 aliphatic carbocycles. The molecule has 3 N–H and O–H groups in total. The number of carbonyl (C=O) groups is 3. The van der Waals surface area contributed by atoms with Gasteiger partial charge in [0.05, 0.1) is 29.2 Å². The average Bonchev–Trinajstić information content (AvgIpc) is 3.01. The molecule has 30 heavy (non-hydrogen) atoms. The third kappa shape index (κ3) is 3.84. The fourth-order valence-corrected chi connectivity index (χ4v) is 5.02. The van der Waals surface area contributed by atoms with Crippen LogP contribution in [0.5, 0.6) is 0 Å². The number of carbonyl (C=O) groups excluding carboxylic acids is 3. The number of nitrogens with one attached hydrogen (secondary N) is 2. The molecule has 0 aromatic heterocycles. The second-order valence-electron chi connectivity index (χ2n) is 7.82. The van der Waals surface area contributed by atoms with Gasteiger partial charge < -0.3 is 20.6 Å². The Hall–Kier alpha value is -2.38. The van der Waals surface area contributed by atoms with Gasteiger partial charge in [-0.1, -0.05) is 42.8 Å². The zero-order valence-electron chi connectivity index (χ0n) is 17.4. The van der Waals surface area contributed by atoms with Crippen molar-refractivity contribution in [3.8, 4) is 0 Å². The Balaban J connectivity index is 1.99. The SMILES string of the molecule is CC[C@@H]1C=C[C@H]2[C@@H](C(=O)N(CCO)[C@@H]2C(=O)Nc2c(C)cccc2Cl)[C@@H]1C(=O)NC. The normalized spacial score (nSPS) is 27.7. The molecule has 1 fully saturated rings. The van der Waals surface area contributed by atoms with Crippen molar-refractivity contribution in [2.24, 2.45) is 23.7 Å². The van der Waals surface area contributed by atoms with Crippen molar-refractivity contribution in [1.29, 1.82) is 0 Å². The second-order valence-corrected chi connectivity index (χ2v) is 8.23. The lowest BCUT2D eigenvalue weighted by atomic mass is 9.69. The Kier molecular flexibility index (Phi) is 6.83. The summed E-state index contributed by atoms with van der Waals surface area (Å²) in [7, 11) is 1.55. The van der Waals surface area contributed by atoms with Gasteiger partial charge in [0.1, 0.15) is 6.04 Å². The standard InChI is InChI=1S/C22H28ClN3O4/c1-4-13-8-9-14-17(16(13)20(28)24-3)22(30)26(10-11-27)19(14)21(29)25-18-12(2)6-5-7-15(18)23/h5-9,13-14,16-17,19,27H,4,10-11H2,1-3H3,(H,24,28)(H,25,29)/t13-,14+,16-,17-,19+/m1/s1. The molecule has 2 aliphatic rings. The number of aliphatic hydroxyl groups excluding tert-OH is 1. The summed E-state index contributed by atoms with van der Waals surface area (Å²) in [5, 5.41) is 15.5. The van der Waals surface area contributed by atoms with Crippen LogP contribution in [-0.2, 0) is 14.4 Å². The van der Waals surface area contributed by atoms with Gasteiger partial charge in [-0.3, -0.25) is 14.4 Å². The van der Waals surface area contributed by atoms with Gasteiger partial charge in [0.2, 0.25) is 17.7 Å². The van der Waals surface area contributed by atoms with Crippen LogP contribution >= 0.6 is 11.6 Å². The van der Waals surface area contributed by atoms with Crippen LogP contribution in [0.2, 0.25) is 5.02 Å². The summed E-state index contributed by atoms with van der Waals surface area (Å²) < 4.78 is 0. The molecule has 8 heteroatoms. The van der Waals surface area contributed by atoms with E-state index in [1.807, 2.05) is 32.1 Å². The molecule has 1 aromatic rings. The number of rotatable bonds is 6. The van der Waals surface area contributed by atoms with Gasteiger partial charge in [-0.15, -0.1) is 0 Å². The van der Waals surface area contributed by atoms with E-state index in [0.717, 1.165) is 5.56 Å². The molecule has 0 bridgehead atoms. The fourth-order valence-electron chi connectivity index (χ4n) is 4.75. The highest BCUT2D eigenvalue weighted by Gasteiger charge is 2.56. The second kappa shape index (κ2) is 9.18. The van der Waals surface area contributed by atoms with Crippen LogP contribution in [0.3, 0.4) is 0 Å². The average molecular weight is 434 g/mol. The zero-order valence-corrected chi connectivity index (χ0v) is 18.1. The molecule has 1 saturated heterocycles. The van der Waals surface area contributed by atoms with E-state index in [2.05, 4.69) is 10.6 Å². The number of aryl methyl sites for hydroxylation is 1. The maximum Gasteiger partial charge on any atom is 0.247 e. The van der Waals surface area contributed by atoms with Crippen molar-refractivity contribution >= 4 is 35.0 Å². The minimum Gasteiger partial charge on any atom is -0.395 e. The van der Waals surface area contributed by atoms with Crippen molar-refractivity contribution in [3.63, 3.8) is 0 Å². The summed E-state index contributed by atoms with van der Waals surface area (Å²) in [6.45, 7) is 3.56. The lowest BCUT2D eigenvalue weighted by Gasteiger charge is -2.33. The number of hydrogen-bond donors (Lipinski definition) is 3. The van der Waals surface area contributed by atoms with E-state index in [1.54, 1.807) is 19.2 Å². The number of fused-ring (bicyclic) bond motifs is 1. The van der Waals surface area contributed by atoms with E-state index in [9.17, 15) is 19.5 Å². The van der Waals surface area contributed by atoms with Gasteiger partial charge in [0, 0.05) is 19.5 Å². The monoisotopic (exact) mass is 433 g/mol. The predicted octanol–water partition coefficient (Wildman–Crippen LogP) is 1.98. The first-order chi connectivity index (χ1) is 14.3. The molecule has 1 aromatic carbocycles. The summed E-state index contributed by atoms with van der Waals surface area (Å²) in [5.41, 5.74) is 1.30. The number of nitrogens with zero attached hydrogens (tertiary/aromatic N) is 1. The highest BCUT2D eigenvalue weighted by molar-refractivity contribution is 6.34. The highest BCUT2D eigenvalue weighted by atomic mass is 35.5. The van der Waals surface area contributed by atoms with Crippen molar-refractivity contribution in [1.82, 2.24) is 10.2 Å². The Morgan fingerprint density at radius 3 is 2.57 bits per heavy atom. The fraction of sp³-hybridized carbons (Fsp3) is 0.500. The summed E-state index contributed by atoms with van der Waals surface area (Å²) in [6.07, 6.45) is 4.54. The molecule has 3 rings (SSSR count). The number of β-amino-alcohol motifs (C(OH)–C–C–N with tert-alkyl or cyclic N) is 1. The van der Waals surface area contributed by atoms with Crippen LogP contribution in [0.25, 0.3) is 0 Å². The summed E-state index contributed by atoms with van der Waals surface area (Å²) in [6, 6.07) is 4.49. The number of aliphatic hydroxyl groups is 1. The predicted molar refractivity (Wildman–Crippen MR) is 115 cm³/mol. The third-order valence-corrected chi connectivity index (χ3v) is 6.53. The minimum atomic E-state index is -0.827. The van der Waals surface area contributed by atoms with Crippen molar-refractivity contribution in [3.05, 3.63) is 40.9 Å². The quantitative estimate of drug-likeness (QED) is 0.597. The molecule has 0 radical (unpaired) electrons. The maximum atomic E-state index is 13.3. The van der Waals surface area contributed by atoms with Crippen LogP contribution in [0.4, 0.5) is 5.69 Å². The van der Waals surface area contributed by atoms with Crippen LogP contribution in [0, 0.1) is 30.6 Å². The van der Waals surface area contributed by atoms with Crippen LogP contribution < -0.4 is 10.6 Å². The van der Waals surface area contributed by atoms with Crippen LogP contribution in [-0.4, -0.2) is 54.0 Å². The van der Waals surface area contributed by atoms with Gasteiger partial charge in [0.25, 0.3) is 0 Å².